The van der Waals surface area contributed by atoms with Gasteiger partial charge >= 0.3 is 11.9 Å². The fourth-order valence-corrected chi connectivity index (χ4v) is 4.10. The van der Waals surface area contributed by atoms with Gasteiger partial charge in [-0.05, 0) is 48.5 Å². The van der Waals surface area contributed by atoms with E-state index in [-0.39, 0.29) is 18.8 Å². The van der Waals surface area contributed by atoms with Gasteiger partial charge in [-0.15, -0.1) is 0 Å². The highest BCUT2D eigenvalue weighted by atomic mass is 35.5. The number of halogens is 2. The van der Waals surface area contributed by atoms with Crippen LogP contribution in [0.2, 0.25) is 10.0 Å². The molecular weight excluding hydrogens is 509 g/mol. The molecular formula is C24H19Cl2N5O5. The van der Waals surface area contributed by atoms with Crippen molar-refractivity contribution in [2.75, 3.05) is 12.3 Å². The van der Waals surface area contributed by atoms with Crippen molar-refractivity contribution >= 4 is 52.1 Å². The lowest BCUT2D eigenvalue weighted by Gasteiger charge is -2.19. The van der Waals surface area contributed by atoms with E-state index in [2.05, 4.69) is 15.0 Å². The number of nitrogens with two attached hydrogens (primary N) is 1. The van der Waals surface area contributed by atoms with E-state index in [1.165, 1.54) is 12.7 Å². The number of fused-ring (bicyclic) bond motifs is 1. The molecule has 1 aliphatic rings. The van der Waals surface area contributed by atoms with Gasteiger partial charge in [-0.2, -0.15) is 0 Å². The van der Waals surface area contributed by atoms with Crippen LogP contribution in [0.5, 0.6) is 0 Å². The summed E-state index contributed by atoms with van der Waals surface area (Å²) in [6.07, 6.45) is 1.03. The second-order valence-electron chi connectivity index (χ2n) is 8.00. The number of imidazole rings is 1. The van der Waals surface area contributed by atoms with E-state index < -0.39 is 30.4 Å². The lowest BCUT2D eigenvalue weighted by molar-refractivity contribution is -0.0563. The van der Waals surface area contributed by atoms with Gasteiger partial charge in [0.2, 0.25) is 0 Å². The van der Waals surface area contributed by atoms with Crippen molar-refractivity contribution in [2.24, 2.45) is 0 Å². The SMILES string of the molecule is Nc1ncnc2c1ncn2[C@H]1C[C@H](OC(=O)c2ccc(Cl)cc2)[C@@H](COC(=O)c2ccc(Cl)cc2)O1. The minimum Gasteiger partial charge on any atom is -0.459 e. The predicted octanol–water partition coefficient (Wildman–Crippen LogP) is 4.09. The van der Waals surface area contributed by atoms with Gasteiger partial charge in [0.25, 0.3) is 0 Å². The summed E-state index contributed by atoms with van der Waals surface area (Å²) in [6.45, 7) is -0.153. The third kappa shape index (κ3) is 4.97. The molecule has 0 amide bonds. The fourth-order valence-electron chi connectivity index (χ4n) is 3.84. The van der Waals surface area contributed by atoms with Crippen LogP contribution in [0.3, 0.4) is 0 Å². The molecule has 0 aliphatic carbocycles. The second-order valence-corrected chi connectivity index (χ2v) is 8.88. The number of esters is 2. The van der Waals surface area contributed by atoms with Gasteiger partial charge < -0.3 is 19.9 Å². The van der Waals surface area contributed by atoms with Gasteiger partial charge in [0, 0.05) is 16.5 Å². The number of nitrogen functional groups attached to an aromatic ring is 1. The van der Waals surface area contributed by atoms with E-state index in [0.717, 1.165) is 0 Å². The Morgan fingerprint density at radius 1 is 0.972 bits per heavy atom. The van der Waals surface area contributed by atoms with Crippen molar-refractivity contribution in [1.82, 2.24) is 19.5 Å². The molecule has 0 bridgehead atoms. The number of carbonyl (C=O) groups is 2. The summed E-state index contributed by atoms with van der Waals surface area (Å²) >= 11 is 11.8. The first-order valence-electron chi connectivity index (χ1n) is 10.9. The Hall–Kier alpha value is -3.73. The average Bonchev–Trinajstić information content (AvgIpc) is 3.48. The minimum atomic E-state index is -0.751. The van der Waals surface area contributed by atoms with E-state index in [1.807, 2.05) is 0 Å². The van der Waals surface area contributed by atoms with E-state index >= 15 is 0 Å². The van der Waals surface area contributed by atoms with Crippen LogP contribution in [0.1, 0.15) is 33.4 Å². The highest BCUT2D eigenvalue weighted by Crippen LogP contribution is 2.34. The van der Waals surface area contributed by atoms with Crippen molar-refractivity contribution in [1.29, 1.82) is 0 Å². The van der Waals surface area contributed by atoms with Crippen LogP contribution < -0.4 is 5.73 Å². The molecule has 2 aromatic carbocycles. The van der Waals surface area contributed by atoms with E-state index in [4.69, 9.17) is 43.1 Å². The van der Waals surface area contributed by atoms with Gasteiger partial charge in [-0.1, -0.05) is 23.2 Å². The Morgan fingerprint density at radius 3 is 2.28 bits per heavy atom. The van der Waals surface area contributed by atoms with Crippen LogP contribution >= 0.6 is 23.2 Å². The van der Waals surface area contributed by atoms with E-state index in [9.17, 15) is 9.59 Å². The second kappa shape index (κ2) is 10.1. The molecule has 3 heterocycles. The Labute approximate surface area is 214 Å². The third-order valence-electron chi connectivity index (χ3n) is 5.67. The number of benzene rings is 2. The number of ether oxygens (including phenoxy) is 3. The summed E-state index contributed by atoms with van der Waals surface area (Å²) in [7, 11) is 0. The molecule has 0 unspecified atom stereocenters. The van der Waals surface area contributed by atoms with Gasteiger partial charge in [0.05, 0.1) is 17.5 Å². The molecule has 0 spiro atoms. The van der Waals surface area contributed by atoms with Gasteiger partial charge in [0.15, 0.2) is 11.5 Å². The van der Waals surface area contributed by atoms with Crippen LogP contribution in [0.15, 0.2) is 61.2 Å². The monoisotopic (exact) mass is 527 g/mol. The average molecular weight is 528 g/mol. The molecule has 4 aromatic rings. The minimum absolute atomic E-state index is 0.153. The maximum atomic E-state index is 12.8. The van der Waals surface area contributed by atoms with Gasteiger partial charge in [-0.25, -0.2) is 24.5 Å². The van der Waals surface area contributed by atoms with Crippen molar-refractivity contribution in [3.63, 3.8) is 0 Å². The van der Waals surface area contributed by atoms with Crippen molar-refractivity contribution < 1.29 is 23.8 Å². The molecule has 2 aromatic heterocycles. The van der Waals surface area contributed by atoms with Crippen LogP contribution in [-0.4, -0.2) is 50.3 Å². The summed E-state index contributed by atoms with van der Waals surface area (Å²) in [6, 6.07) is 12.6. The maximum absolute atomic E-state index is 12.8. The lowest BCUT2D eigenvalue weighted by atomic mass is 10.1. The van der Waals surface area contributed by atoms with Crippen LogP contribution in [0.4, 0.5) is 5.82 Å². The first-order valence-corrected chi connectivity index (χ1v) is 11.6. The Balaban J connectivity index is 1.36. The van der Waals surface area contributed by atoms with Gasteiger partial charge in [0.1, 0.15) is 36.9 Å². The highest BCUT2D eigenvalue weighted by molar-refractivity contribution is 6.31. The molecule has 5 rings (SSSR count). The first-order chi connectivity index (χ1) is 17.4. The lowest BCUT2D eigenvalue weighted by Crippen LogP contribution is -2.32. The zero-order valence-corrected chi connectivity index (χ0v) is 20.1. The molecule has 1 aliphatic heterocycles. The molecule has 0 radical (unpaired) electrons. The molecule has 36 heavy (non-hydrogen) atoms. The summed E-state index contributed by atoms with van der Waals surface area (Å²) in [4.78, 5) is 37.8. The number of anilines is 1. The number of carbonyl (C=O) groups excluding carboxylic acids is 2. The largest absolute Gasteiger partial charge is 0.459 e. The summed E-state index contributed by atoms with van der Waals surface area (Å²) in [5, 5.41) is 0.996. The Kier molecular flexibility index (Phi) is 6.73. The van der Waals surface area contributed by atoms with Crippen molar-refractivity contribution in [2.45, 2.75) is 24.9 Å². The van der Waals surface area contributed by atoms with Crippen molar-refractivity contribution in [3.8, 4) is 0 Å². The number of rotatable bonds is 6. The molecule has 12 heteroatoms. The zero-order chi connectivity index (χ0) is 25.2. The fraction of sp³-hybridized carbons (Fsp3) is 0.208. The topological polar surface area (TPSA) is 131 Å². The molecule has 184 valence electrons. The molecule has 10 nitrogen and oxygen atoms in total. The third-order valence-corrected chi connectivity index (χ3v) is 6.18. The molecule has 3 atom stereocenters. The Morgan fingerprint density at radius 2 is 1.61 bits per heavy atom. The standard InChI is InChI=1S/C24H19Cl2N5O5/c25-15-5-1-13(2-6-15)23(32)34-10-18-17(36-24(33)14-3-7-16(26)8-4-14)9-19(35-18)31-12-30-20-21(27)28-11-29-22(20)31/h1-8,11-12,17-19H,9-10H2,(H2,27,28,29)/t17-,18+,19+/m0/s1. The highest BCUT2D eigenvalue weighted by Gasteiger charge is 2.40. The van der Waals surface area contributed by atoms with Crippen molar-refractivity contribution in [3.05, 3.63) is 82.4 Å². The van der Waals surface area contributed by atoms with Gasteiger partial charge in [-0.3, -0.25) is 4.57 Å². The van der Waals surface area contributed by atoms with E-state index in [1.54, 1.807) is 53.1 Å². The predicted molar refractivity (Wildman–Crippen MR) is 131 cm³/mol. The number of nitrogens with zero attached hydrogens (tertiary/aromatic N) is 4. The van der Waals surface area contributed by atoms with Crippen LogP contribution in [-0.2, 0) is 14.2 Å². The molecule has 1 saturated heterocycles. The smallest absolute Gasteiger partial charge is 0.338 e. The molecule has 2 N–H and O–H groups in total. The van der Waals surface area contributed by atoms with E-state index in [0.29, 0.717) is 32.3 Å². The van der Waals surface area contributed by atoms with Crippen LogP contribution in [0.25, 0.3) is 11.2 Å². The number of hydrogen-bond donors (Lipinski definition) is 1. The quantitative estimate of drug-likeness (QED) is 0.368. The molecule has 0 saturated carbocycles. The normalized spacial score (nSPS) is 19.3. The number of aromatic nitrogens is 4. The first kappa shape index (κ1) is 24.0. The Bertz CT molecular complexity index is 1410. The summed E-state index contributed by atoms with van der Waals surface area (Å²) in [5.74, 6) is -0.886. The number of hydrogen-bond acceptors (Lipinski definition) is 9. The summed E-state index contributed by atoms with van der Waals surface area (Å²) in [5.41, 5.74) is 7.45. The maximum Gasteiger partial charge on any atom is 0.338 e. The zero-order valence-electron chi connectivity index (χ0n) is 18.6. The van der Waals surface area contributed by atoms with Crippen LogP contribution in [0, 0.1) is 0 Å². The summed E-state index contributed by atoms with van der Waals surface area (Å²) < 4.78 is 19.1. The molecule has 1 fully saturated rings.